The topological polar surface area (TPSA) is 71.8 Å². The lowest BCUT2D eigenvalue weighted by atomic mass is 9.98. The van der Waals surface area contributed by atoms with Crippen LogP contribution in [0.5, 0.6) is 23.0 Å². The van der Waals surface area contributed by atoms with E-state index in [0.717, 1.165) is 22.2 Å². The molecule has 2 unspecified atom stereocenters. The number of benzene rings is 3. The van der Waals surface area contributed by atoms with E-state index in [1.807, 2.05) is 48.0 Å². The second kappa shape index (κ2) is 8.86. The number of carbonyl (C=O) groups excluding carboxylic acids is 1. The summed E-state index contributed by atoms with van der Waals surface area (Å²) >= 11 is 0. The average Bonchev–Trinajstić information content (AvgIpc) is 3.59. The summed E-state index contributed by atoms with van der Waals surface area (Å²) in [5.74, 6) is 1.92. The Labute approximate surface area is 207 Å². The number of rotatable bonds is 6. The molecule has 0 saturated carbocycles. The van der Waals surface area contributed by atoms with Crippen molar-refractivity contribution in [2.24, 2.45) is 7.05 Å². The van der Waals surface area contributed by atoms with E-state index < -0.39 is 6.10 Å². The molecule has 2 aliphatic rings. The molecule has 0 bridgehead atoms. The number of imidazole rings is 1. The highest BCUT2D eigenvalue weighted by Gasteiger charge is 2.32. The first-order valence-electron chi connectivity index (χ1n) is 11.9. The van der Waals surface area contributed by atoms with Crippen molar-refractivity contribution in [2.75, 3.05) is 13.7 Å². The van der Waals surface area contributed by atoms with E-state index in [9.17, 15) is 9.18 Å². The van der Waals surface area contributed by atoms with Crippen LogP contribution in [0.1, 0.15) is 41.6 Å². The van der Waals surface area contributed by atoms with Gasteiger partial charge in [0.05, 0.1) is 37.5 Å². The van der Waals surface area contributed by atoms with Crippen LogP contribution in [0.2, 0.25) is 0 Å². The van der Waals surface area contributed by atoms with E-state index in [2.05, 4.69) is 4.98 Å². The smallest absolute Gasteiger partial charge is 0.306 e. The Morgan fingerprint density at radius 2 is 2.03 bits per heavy atom. The normalized spacial score (nSPS) is 18.0. The van der Waals surface area contributed by atoms with Crippen LogP contribution in [0.4, 0.5) is 4.39 Å². The molecule has 1 aromatic heterocycles. The molecule has 6 rings (SSSR count). The standard InChI is InChI=1S/C28H25FN2O5/c1-31-15-30-22-12-17(4-8-23(22)31)35-24-10-7-21(29)28-20(24)6-9-25(28)36-18-3-5-19-16(11-27(32)33-2)14-34-26(19)13-18/h3-5,7-8,10,12-13,15-16,25H,6,9,11,14H2,1-2H3. The van der Waals surface area contributed by atoms with Crippen molar-refractivity contribution in [1.29, 1.82) is 0 Å². The van der Waals surface area contributed by atoms with E-state index in [4.69, 9.17) is 18.9 Å². The second-order valence-corrected chi connectivity index (χ2v) is 9.18. The van der Waals surface area contributed by atoms with Gasteiger partial charge in [-0.2, -0.15) is 0 Å². The maximum Gasteiger partial charge on any atom is 0.306 e. The number of hydrogen-bond acceptors (Lipinski definition) is 6. The van der Waals surface area contributed by atoms with Gasteiger partial charge in [-0.05, 0) is 43.2 Å². The number of halogens is 1. The molecule has 0 fully saturated rings. The zero-order chi connectivity index (χ0) is 24.8. The molecule has 2 atom stereocenters. The number of nitrogens with zero attached hydrogens (tertiary/aromatic N) is 2. The van der Waals surface area contributed by atoms with Crippen LogP contribution in [-0.4, -0.2) is 29.2 Å². The Kier molecular flexibility index (Phi) is 5.51. The van der Waals surface area contributed by atoms with Gasteiger partial charge in [-0.15, -0.1) is 0 Å². The number of aromatic nitrogens is 2. The van der Waals surface area contributed by atoms with Crippen LogP contribution in [0.3, 0.4) is 0 Å². The lowest BCUT2D eigenvalue weighted by Crippen LogP contribution is -2.09. The lowest BCUT2D eigenvalue weighted by Gasteiger charge is -2.17. The summed E-state index contributed by atoms with van der Waals surface area (Å²) in [6, 6.07) is 14.4. The molecule has 3 aromatic carbocycles. The number of aryl methyl sites for hydroxylation is 1. The molecule has 0 spiro atoms. The van der Waals surface area contributed by atoms with Crippen molar-refractivity contribution in [1.82, 2.24) is 9.55 Å². The van der Waals surface area contributed by atoms with Gasteiger partial charge in [-0.25, -0.2) is 9.37 Å². The molecule has 2 heterocycles. The summed E-state index contributed by atoms with van der Waals surface area (Å²) in [5.41, 5.74) is 4.14. The van der Waals surface area contributed by atoms with Crippen LogP contribution in [0.15, 0.2) is 54.9 Å². The number of methoxy groups -OCH3 is 1. The van der Waals surface area contributed by atoms with E-state index >= 15 is 0 Å². The third-order valence-electron chi connectivity index (χ3n) is 6.95. The molecule has 8 heteroatoms. The molecule has 7 nitrogen and oxygen atoms in total. The third kappa shape index (κ3) is 3.92. The number of carbonyl (C=O) groups is 1. The average molecular weight is 489 g/mol. The van der Waals surface area contributed by atoms with E-state index in [1.165, 1.54) is 13.2 Å². The van der Waals surface area contributed by atoms with Crippen molar-refractivity contribution < 1.29 is 28.1 Å². The first-order valence-corrected chi connectivity index (χ1v) is 11.9. The van der Waals surface area contributed by atoms with Crippen molar-refractivity contribution >= 4 is 17.0 Å². The summed E-state index contributed by atoms with van der Waals surface area (Å²) in [4.78, 5) is 16.1. The maximum absolute atomic E-state index is 15.0. The zero-order valence-corrected chi connectivity index (χ0v) is 20.0. The van der Waals surface area contributed by atoms with Crippen LogP contribution in [-0.2, 0) is 23.0 Å². The summed E-state index contributed by atoms with van der Waals surface area (Å²) in [5, 5.41) is 0. The van der Waals surface area contributed by atoms with Gasteiger partial charge >= 0.3 is 5.97 Å². The quantitative estimate of drug-likeness (QED) is 0.329. The zero-order valence-electron chi connectivity index (χ0n) is 20.0. The summed E-state index contributed by atoms with van der Waals surface area (Å²) in [6.07, 6.45) is 2.86. The minimum Gasteiger partial charge on any atom is -0.492 e. The Bertz CT molecular complexity index is 1480. The molecule has 1 aliphatic carbocycles. The Hall–Kier alpha value is -4.07. The van der Waals surface area contributed by atoms with E-state index in [1.54, 1.807) is 12.4 Å². The molecule has 4 aromatic rings. The van der Waals surface area contributed by atoms with Gasteiger partial charge in [0.1, 0.15) is 34.9 Å². The fraction of sp³-hybridized carbons (Fsp3) is 0.286. The largest absolute Gasteiger partial charge is 0.492 e. The first kappa shape index (κ1) is 22.4. The number of fused-ring (bicyclic) bond motifs is 3. The second-order valence-electron chi connectivity index (χ2n) is 9.18. The molecule has 1 aliphatic heterocycles. The predicted molar refractivity (Wildman–Crippen MR) is 130 cm³/mol. The lowest BCUT2D eigenvalue weighted by molar-refractivity contribution is -0.141. The van der Waals surface area contributed by atoms with Crippen LogP contribution in [0, 0.1) is 5.82 Å². The SMILES string of the molecule is COC(=O)CC1COc2cc(OC3CCc4c(Oc5ccc6c(c5)ncn6C)ccc(F)c43)ccc21. The van der Waals surface area contributed by atoms with Crippen molar-refractivity contribution in [3.63, 3.8) is 0 Å². The molecule has 36 heavy (non-hydrogen) atoms. The first-order chi connectivity index (χ1) is 17.5. The highest BCUT2D eigenvalue weighted by molar-refractivity contribution is 5.77. The number of ether oxygens (including phenoxy) is 4. The van der Waals surface area contributed by atoms with Gasteiger partial charge < -0.3 is 23.5 Å². The number of esters is 1. The molecular weight excluding hydrogens is 463 g/mol. The van der Waals surface area contributed by atoms with Crippen LogP contribution < -0.4 is 14.2 Å². The fourth-order valence-corrected chi connectivity index (χ4v) is 5.11. The van der Waals surface area contributed by atoms with E-state index in [0.29, 0.717) is 48.0 Å². The predicted octanol–water partition coefficient (Wildman–Crippen LogP) is 5.61. The van der Waals surface area contributed by atoms with Crippen LogP contribution in [0.25, 0.3) is 11.0 Å². The molecule has 184 valence electrons. The van der Waals surface area contributed by atoms with Gasteiger partial charge in [-0.3, -0.25) is 4.79 Å². The van der Waals surface area contributed by atoms with Gasteiger partial charge in [0.25, 0.3) is 0 Å². The maximum atomic E-state index is 15.0. The minimum absolute atomic E-state index is 0.0452. The third-order valence-corrected chi connectivity index (χ3v) is 6.95. The van der Waals surface area contributed by atoms with Gasteiger partial charge in [-0.1, -0.05) is 6.07 Å². The molecular formula is C28H25FN2O5. The monoisotopic (exact) mass is 488 g/mol. The Morgan fingerprint density at radius 3 is 2.89 bits per heavy atom. The summed E-state index contributed by atoms with van der Waals surface area (Å²) in [7, 11) is 3.32. The molecule has 0 saturated heterocycles. The highest BCUT2D eigenvalue weighted by atomic mass is 19.1. The molecule has 0 N–H and O–H groups in total. The number of hydrogen-bond donors (Lipinski definition) is 0. The van der Waals surface area contributed by atoms with Gasteiger partial charge in [0.2, 0.25) is 0 Å². The van der Waals surface area contributed by atoms with Gasteiger partial charge in [0, 0.05) is 41.8 Å². The molecule has 0 radical (unpaired) electrons. The Balaban J connectivity index is 1.22. The van der Waals surface area contributed by atoms with Crippen molar-refractivity contribution in [2.45, 2.75) is 31.3 Å². The van der Waals surface area contributed by atoms with Crippen molar-refractivity contribution in [3.8, 4) is 23.0 Å². The summed E-state index contributed by atoms with van der Waals surface area (Å²) < 4.78 is 39.9. The Morgan fingerprint density at radius 1 is 1.17 bits per heavy atom. The van der Waals surface area contributed by atoms with Gasteiger partial charge in [0.15, 0.2) is 0 Å². The fourth-order valence-electron chi connectivity index (χ4n) is 5.11. The van der Waals surface area contributed by atoms with E-state index in [-0.39, 0.29) is 24.1 Å². The van der Waals surface area contributed by atoms with Crippen LogP contribution >= 0.6 is 0 Å². The minimum atomic E-state index is -0.438. The highest BCUT2D eigenvalue weighted by Crippen LogP contribution is 2.44. The summed E-state index contributed by atoms with van der Waals surface area (Å²) in [6.45, 7) is 0.416. The van der Waals surface area contributed by atoms with Crippen molar-refractivity contribution in [3.05, 3.63) is 77.4 Å². The molecule has 0 amide bonds.